The molecule has 2 fully saturated rings. The Bertz CT molecular complexity index is 838. The molecule has 11 heteroatoms. The minimum atomic E-state index is -3.57. The minimum absolute atomic E-state index is 0.0271. The number of nitrogens with zero attached hydrogens (tertiary/aromatic N) is 3. The van der Waals surface area contributed by atoms with E-state index < -0.39 is 16.0 Å². The van der Waals surface area contributed by atoms with Gasteiger partial charge in [0.2, 0.25) is 5.91 Å². The molecule has 2 aliphatic rings. The van der Waals surface area contributed by atoms with Gasteiger partial charge in [0, 0.05) is 44.3 Å². The number of amides is 1. The number of rotatable bonds is 5. The standard InChI is InChI=1S/C18H26ClFN4O4S/c1-13-10-24(11-14(2)28-13)29(26,27)23-7-5-22(6-8-23)12-18(25)21-17-9-15(19)3-4-16(17)20/h3-4,9,13-14H,5-8,10-12H2,1-2H3,(H,21,25). The number of piperazine rings is 1. The predicted molar refractivity (Wildman–Crippen MR) is 109 cm³/mol. The second kappa shape index (κ2) is 9.23. The van der Waals surface area contributed by atoms with E-state index in [4.69, 9.17) is 16.3 Å². The Hall–Kier alpha value is -1.30. The second-order valence-corrected chi connectivity index (χ2v) is 9.79. The lowest BCUT2D eigenvalue weighted by Crippen LogP contribution is -2.57. The first kappa shape index (κ1) is 22.4. The SMILES string of the molecule is CC1CN(S(=O)(=O)N2CCN(CC(=O)Nc3cc(Cl)ccc3F)CC2)CC(C)O1. The van der Waals surface area contributed by atoms with E-state index in [0.717, 1.165) is 0 Å². The summed E-state index contributed by atoms with van der Waals surface area (Å²) in [5.74, 6) is -0.939. The molecule has 0 aromatic heterocycles. The second-order valence-electron chi connectivity index (χ2n) is 7.43. The van der Waals surface area contributed by atoms with Gasteiger partial charge >= 0.3 is 0 Å². The van der Waals surface area contributed by atoms with Crippen LogP contribution in [0, 0.1) is 5.82 Å². The van der Waals surface area contributed by atoms with Gasteiger partial charge in [-0.05, 0) is 32.0 Å². The van der Waals surface area contributed by atoms with E-state index in [1.807, 2.05) is 18.7 Å². The molecule has 2 unspecified atom stereocenters. The number of benzene rings is 1. The monoisotopic (exact) mass is 448 g/mol. The van der Waals surface area contributed by atoms with E-state index in [2.05, 4.69) is 5.32 Å². The van der Waals surface area contributed by atoms with Gasteiger partial charge < -0.3 is 10.1 Å². The summed E-state index contributed by atoms with van der Waals surface area (Å²) in [6.07, 6.45) is -0.296. The molecule has 3 rings (SSSR count). The van der Waals surface area contributed by atoms with Gasteiger partial charge in [-0.15, -0.1) is 0 Å². The van der Waals surface area contributed by atoms with Gasteiger partial charge in [0.05, 0.1) is 24.4 Å². The maximum absolute atomic E-state index is 13.7. The van der Waals surface area contributed by atoms with Crippen LogP contribution in [-0.4, -0.2) is 85.9 Å². The number of anilines is 1. The van der Waals surface area contributed by atoms with Gasteiger partial charge in [0.25, 0.3) is 10.2 Å². The van der Waals surface area contributed by atoms with Crippen molar-refractivity contribution in [1.29, 1.82) is 0 Å². The summed E-state index contributed by atoms with van der Waals surface area (Å²) < 4.78 is 48.1. The van der Waals surface area contributed by atoms with Crippen LogP contribution in [0.1, 0.15) is 13.8 Å². The van der Waals surface area contributed by atoms with Gasteiger partial charge in [-0.25, -0.2) is 4.39 Å². The normalized spacial score (nSPS) is 25.1. The lowest BCUT2D eigenvalue weighted by atomic mass is 10.3. The smallest absolute Gasteiger partial charge is 0.282 e. The molecule has 0 saturated carbocycles. The number of carbonyl (C=O) groups excluding carboxylic acids is 1. The van der Waals surface area contributed by atoms with Crippen LogP contribution in [0.3, 0.4) is 0 Å². The van der Waals surface area contributed by atoms with Gasteiger partial charge in [0.1, 0.15) is 5.82 Å². The first-order valence-electron chi connectivity index (χ1n) is 9.53. The minimum Gasteiger partial charge on any atom is -0.373 e. The summed E-state index contributed by atoms with van der Waals surface area (Å²) in [5, 5.41) is 2.83. The quantitative estimate of drug-likeness (QED) is 0.736. The van der Waals surface area contributed by atoms with E-state index >= 15 is 0 Å². The third-order valence-corrected chi connectivity index (χ3v) is 7.14. The average molecular weight is 449 g/mol. The molecule has 2 saturated heterocycles. The number of carbonyl (C=O) groups is 1. The Morgan fingerprint density at radius 1 is 1.17 bits per heavy atom. The van der Waals surface area contributed by atoms with Crippen LogP contribution in [-0.2, 0) is 19.7 Å². The molecule has 8 nitrogen and oxygen atoms in total. The van der Waals surface area contributed by atoms with E-state index in [0.29, 0.717) is 44.3 Å². The number of nitrogens with one attached hydrogen (secondary N) is 1. The van der Waals surface area contributed by atoms with Crippen molar-refractivity contribution in [3.63, 3.8) is 0 Å². The highest BCUT2D eigenvalue weighted by atomic mass is 35.5. The molecule has 162 valence electrons. The van der Waals surface area contributed by atoms with Crippen molar-refractivity contribution in [1.82, 2.24) is 13.5 Å². The van der Waals surface area contributed by atoms with Crippen LogP contribution in [0.5, 0.6) is 0 Å². The van der Waals surface area contributed by atoms with Gasteiger partial charge in [-0.2, -0.15) is 17.0 Å². The van der Waals surface area contributed by atoms with Crippen LogP contribution < -0.4 is 5.32 Å². The van der Waals surface area contributed by atoms with Gasteiger partial charge in [0.15, 0.2) is 0 Å². The molecule has 0 bridgehead atoms. The summed E-state index contributed by atoms with van der Waals surface area (Å²) >= 11 is 5.83. The highest BCUT2D eigenvalue weighted by Gasteiger charge is 2.36. The third kappa shape index (κ3) is 5.65. The van der Waals surface area contributed by atoms with Crippen molar-refractivity contribution in [2.24, 2.45) is 0 Å². The zero-order chi connectivity index (χ0) is 21.2. The highest BCUT2D eigenvalue weighted by Crippen LogP contribution is 2.20. The fourth-order valence-electron chi connectivity index (χ4n) is 3.59. The van der Waals surface area contributed by atoms with Crippen molar-refractivity contribution in [2.75, 3.05) is 51.1 Å². The number of hydrogen-bond acceptors (Lipinski definition) is 5. The summed E-state index contributed by atoms with van der Waals surface area (Å²) in [6, 6.07) is 3.95. The van der Waals surface area contributed by atoms with E-state index in [1.54, 1.807) is 0 Å². The Kier molecular flexibility index (Phi) is 7.13. The van der Waals surface area contributed by atoms with Crippen molar-refractivity contribution < 1.29 is 22.3 Å². The van der Waals surface area contributed by atoms with Crippen LogP contribution >= 0.6 is 11.6 Å². The summed E-state index contributed by atoms with van der Waals surface area (Å²) in [7, 11) is -3.57. The summed E-state index contributed by atoms with van der Waals surface area (Å²) in [6.45, 7) is 5.85. The highest BCUT2D eigenvalue weighted by molar-refractivity contribution is 7.86. The van der Waals surface area contributed by atoms with Gasteiger partial charge in [-0.3, -0.25) is 9.69 Å². The largest absolute Gasteiger partial charge is 0.373 e. The molecule has 1 N–H and O–H groups in total. The summed E-state index contributed by atoms with van der Waals surface area (Å²) in [5.41, 5.74) is 0.0271. The maximum Gasteiger partial charge on any atom is 0.282 e. The number of halogens is 2. The van der Waals surface area contributed by atoms with E-state index in [-0.39, 0.29) is 30.3 Å². The van der Waals surface area contributed by atoms with Crippen molar-refractivity contribution in [2.45, 2.75) is 26.1 Å². The fraction of sp³-hybridized carbons (Fsp3) is 0.611. The molecular formula is C18H26ClFN4O4S. The molecule has 1 aromatic rings. The molecule has 0 spiro atoms. The molecule has 1 amide bonds. The number of hydrogen-bond donors (Lipinski definition) is 1. The molecule has 2 aliphatic heterocycles. The van der Waals surface area contributed by atoms with Crippen molar-refractivity contribution in [3.05, 3.63) is 29.0 Å². The molecule has 0 radical (unpaired) electrons. The van der Waals surface area contributed by atoms with Crippen LogP contribution in [0.4, 0.5) is 10.1 Å². The number of morpholine rings is 1. The first-order valence-corrected chi connectivity index (χ1v) is 11.3. The first-order chi connectivity index (χ1) is 13.6. The Labute approximate surface area is 175 Å². The maximum atomic E-state index is 13.7. The molecule has 2 heterocycles. The van der Waals surface area contributed by atoms with Gasteiger partial charge in [-0.1, -0.05) is 11.6 Å². The van der Waals surface area contributed by atoms with Crippen LogP contribution in [0.15, 0.2) is 18.2 Å². The molecule has 2 atom stereocenters. The molecule has 1 aromatic carbocycles. The fourth-order valence-corrected chi connectivity index (χ4v) is 5.51. The predicted octanol–water partition coefficient (Wildman–Crippen LogP) is 1.39. The van der Waals surface area contributed by atoms with Crippen LogP contribution in [0.2, 0.25) is 5.02 Å². The average Bonchev–Trinajstić information content (AvgIpc) is 2.64. The van der Waals surface area contributed by atoms with E-state index in [9.17, 15) is 17.6 Å². The molecule has 0 aliphatic carbocycles. The Morgan fingerprint density at radius 2 is 1.79 bits per heavy atom. The Morgan fingerprint density at radius 3 is 2.41 bits per heavy atom. The van der Waals surface area contributed by atoms with Crippen LogP contribution in [0.25, 0.3) is 0 Å². The van der Waals surface area contributed by atoms with Crippen molar-refractivity contribution >= 4 is 33.4 Å². The summed E-state index contributed by atoms with van der Waals surface area (Å²) in [4.78, 5) is 14.1. The topological polar surface area (TPSA) is 82.2 Å². The van der Waals surface area contributed by atoms with Crippen molar-refractivity contribution in [3.8, 4) is 0 Å². The molecular weight excluding hydrogens is 423 g/mol. The van der Waals surface area contributed by atoms with E-state index in [1.165, 1.54) is 26.8 Å². The zero-order valence-corrected chi connectivity index (χ0v) is 18.0. The Balaban J connectivity index is 1.52. The number of ether oxygens (including phenoxy) is 1. The lowest BCUT2D eigenvalue weighted by molar-refractivity contribution is -0.117. The molecule has 29 heavy (non-hydrogen) atoms. The lowest BCUT2D eigenvalue weighted by Gasteiger charge is -2.40. The third-order valence-electron chi connectivity index (χ3n) is 4.94. The zero-order valence-electron chi connectivity index (χ0n) is 16.5.